The Morgan fingerprint density at radius 3 is 2.95 bits per heavy atom. The molecule has 2 rings (SSSR count). The van der Waals surface area contributed by atoms with Gasteiger partial charge in [-0.3, -0.25) is 9.69 Å². The van der Waals surface area contributed by atoms with Crippen molar-refractivity contribution in [2.75, 3.05) is 6.54 Å². The molecule has 112 valence electrons. The lowest BCUT2D eigenvalue weighted by Crippen LogP contribution is -2.39. The Balaban J connectivity index is 2.05. The lowest BCUT2D eigenvalue weighted by atomic mass is 9.97. The summed E-state index contributed by atoms with van der Waals surface area (Å²) in [5, 5.41) is 17.6. The topological polar surface area (TPSA) is 64.3 Å². The van der Waals surface area contributed by atoms with Crippen LogP contribution in [0.5, 0.6) is 0 Å². The van der Waals surface area contributed by atoms with Gasteiger partial charge in [0.1, 0.15) is 5.82 Å². The number of hydrogen-bond donors (Lipinski definition) is 1. The molecule has 1 aromatic carbocycles. The van der Waals surface area contributed by atoms with Gasteiger partial charge in [0.15, 0.2) is 0 Å². The summed E-state index contributed by atoms with van der Waals surface area (Å²) in [6, 6.07) is 6.64. The van der Waals surface area contributed by atoms with Gasteiger partial charge in [-0.1, -0.05) is 12.5 Å². The van der Waals surface area contributed by atoms with Crippen LogP contribution in [-0.4, -0.2) is 28.6 Å². The minimum atomic E-state index is -0.787. The number of halogens is 1. The quantitative estimate of drug-likeness (QED) is 0.905. The standard InChI is InChI=1S/C16H19FN2O2/c17-15-9-12(10-18)4-5-13(15)11-19-8-2-1-3-14(19)6-7-16(20)21/h4-5,9,14H,1-3,6-8,11H2,(H,20,21). The third-order valence-corrected chi connectivity index (χ3v) is 4.00. The van der Waals surface area contributed by atoms with Crippen LogP contribution in [0.25, 0.3) is 0 Å². The summed E-state index contributed by atoms with van der Waals surface area (Å²) in [5.41, 5.74) is 0.883. The van der Waals surface area contributed by atoms with E-state index in [2.05, 4.69) is 4.90 Å². The molecule has 0 saturated carbocycles. The molecule has 0 radical (unpaired) electrons. The van der Waals surface area contributed by atoms with Gasteiger partial charge in [-0.05, 0) is 37.9 Å². The minimum absolute atomic E-state index is 0.150. The zero-order valence-corrected chi connectivity index (χ0v) is 11.9. The van der Waals surface area contributed by atoms with E-state index in [1.807, 2.05) is 6.07 Å². The highest BCUT2D eigenvalue weighted by Crippen LogP contribution is 2.24. The summed E-state index contributed by atoms with van der Waals surface area (Å²) in [7, 11) is 0. The van der Waals surface area contributed by atoms with Crippen molar-refractivity contribution in [2.45, 2.75) is 44.7 Å². The van der Waals surface area contributed by atoms with Crippen LogP contribution in [0.2, 0.25) is 0 Å². The first-order valence-corrected chi connectivity index (χ1v) is 7.24. The molecule has 0 aromatic heterocycles. The van der Waals surface area contributed by atoms with Gasteiger partial charge in [0.05, 0.1) is 11.6 Å². The van der Waals surface area contributed by atoms with Crippen molar-refractivity contribution in [3.8, 4) is 6.07 Å². The van der Waals surface area contributed by atoms with E-state index in [1.54, 1.807) is 12.1 Å². The van der Waals surface area contributed by atoms with Gasteiger partial charge in [-0.15, -0.1) is 0 Å². The molecule has 1 saturated heterocycles. The van der Waals surface area contributed by atoms with E-state index in [0.717, 1.165) is 25.8 Å². The molecule has 1 N–H and O–H groups in total. The second kappa shape index (κ2) is 7.19. The first-order chi connectivity index (χ1) is 10.1. The lowest BCUT2D eigenvalue weighted by molar-refractivity contribution is -0.137. The number of aliphatic carboxylic acids is 1. The van der Waals surface area contributed by atoms with Crippen molar-refractivity contribution < 1.29 is 14.3 Å². The number of carbonyl (C=O) groups is 1. The van der Waals surface area contributed by atoms with E-state index >= 15 is 0 Å². The maximum atomic E-state index is 14.0. The fourth-order valence-corrected chi connectivity index (χ4v) is 2.85. The molecule has 0 amide bonds. The van der Waals surface area contributed by atoms with Gasteiger partial charge in [-0.25, -0.2) is 4.39 Å². The molecular weight excluding hydrogens is 271 g/mol. The SMILES string of the molecule is N#Cc1ccc(CN2CCCCC2CCC(=O)O)c(F)c1. The Bertz CT molecular complexity index is 554. The summed E-state index contributed by atoms with van der Waals surface area (Å²) in [6.45, 7) is 1.34. The molecule has 0 spiro atoms. The number of nitrogens with zero attached hydrogens (tertiary/aromatic N) is 2. The number of carboxylic acid groups (broad SMARTS) is 1. The second-order valence-corrected chi connectivity index (χ2v) is 5.47. The van der Waals surface area contributed by atoms with Gasteiger partial charge in [-0.2, -0.15) is 5.26 Å². The molecule has 0 bridgehead atoms. The molecule has 1 atom stereocenters. The van der Waals surface area contributed by atoms with Crippen LogP contribution in [-0.2, 0) is 11.3 Å². The van der Waals surface area contributed by atoms with Crippen LogP contribution < -0.4 is 0 Å². The molecule has 1 heterocycles. The van der Waals surface area contributed by atoms with Gasteiger partial charge in [0, 0.05) is 24.6 Å². The number of hydrogen-bond acceptors (Lipinski definition) is 3. The summed E-state index contributed by atoms with van der Waals surface area (Å²) < 4.78 is 14.0. The number of likely N-dealkylation sites (tertiary alicyclic amines) is 1. The molecule has 1 unspecified atom stereocenters. The van der Waals surface area contributed by atoms with Gasteiger partial charge >= 0.3 is 5.97 Å². The van der Waals surface area contributed by atoms with E-state index < -0.39 is 5.97 Å². The van der Waals surface area contributed by atoms with Gasteiger partial charge in [0.25, 0.3) is 0 Å². The summed E-state index contributed by atoms with van der Waals surface area (Å²) in [5.74, 6) is -1.15. The third kappa shape index (κ3) is 4.27. The van der Waals surface area contributed by atoms with E-state index in [0.29, 0.717) is 24.1 Å². The Morgan fingerprint density at radius 2 is 2.29 bits per heavy atom. The van der Waals surface area contributed by atoms with Crippen molar-refractivity contribution in [3.63, 3.8) is 0 Å². The van der Waals surface area contributed by atoms with Crippen molar-refractivity contribution >= 4 is 5.97 Å². The maximum absolute atomic E-state index is 14.0. The van der Waals surface area contributed by atoms with Crippen LogP contribution in [0.4, 0.5) is 4.39 Å². The van der Waals surface area contributed by atoms with E-state index in [-0.39, 0.29) is 18.3 Å². The highest BCUT2D eigenvalue weighted by molar-refractivity contribution is 5.66. The average Bonchev–Trinajstić information content (AvgIpc) is 2.48. The second-order valence-electron chi connectivity index (χ2n) is 5.47. The highest BCUT2D eigenvalue weighted by atomic mass is 19.1. The Morgan fingerprint density at radius 1 is 1.48 bits per heavy atom. The number of rotatable bonds is 5. The van der Waals surface area contributed by atoms with Crippen molar-refractivity contribution in [2.24, 2.45) is 0 Å². The predicted molar refractivity (Wildman–Crippen MR) is 76.0 cm³/mol. The molecule has 4 nitrogen and oxygen atoms in total. The van der Waals surface area contributed by atoms with E-state index in [4.69, 9.17) is 10.4 Å². The minimum Gasteiger partial charge on any atom is -0.481 e. The smallest absolute Gasteiger partial charge is 0.303 e. The number of carboxylic acids is 1. The molecule has 21 heavy (non-hydrogen) atoms. The monoisotopic (exact) mass is 290 g/mol. The zero-order valence-electron chi connectivity index (χ0n) is 11.9. The number of nitriles is 1. The summed E-state index contributed by atoms with van der Waals surface area (Å²) in [4.78, 5) is 12.9. The van der Waals surface area contributed by atoms with Gasteiger partial charge < -0.3 is 5.11 Å². The summed E-state index contributed by atoms with van der Waals surface area (Å²) >= 11 is 0. The molecular formula is C16H19FN2O2. The van der Waals surface area contributed by atoms with E-state index in [9.17, 15) is 9.18 Å². The Hall–Kier alpha value is -1.93. The average molecular weight is 290 g/mol. The largest absolute Gasteiger partial charge is 0.481 e. The maximum Gasteiger partial charge on any atom is 0.303 e. The Kier molecular flexibility index (Phi) is 5.29. The highest BCUT2D eigenvalue weighted by Gasteiger charge is 2.23. The molecule has 1 aromatic rings. The third-order valence-electron chi connectivity index (χ3n) is 4.00. The van der Waals surface area contributed by atoms with Crippen molar-refractivity contribution in [1.82, 2.24) is 4.90 Å². The predicted octanol–water partition coefficient (Wildman–Crippen LogP) is 2.92. The molecule has 0 aliphatic carbocycles. The van der Waals surface area contributed by atoms with Crippen LogP contribution in [0.15, 0.2) is 18.2 Å². The zero-order chi connectivity index (χ0) is 15.2. The van der Waals surface area contributed by atoms with E-state index in [1.165, 1.54) is 6.07 Å². The first-order valence-electron chi connectivity index (χ1n) is 7.24. The molecule has 1 aliphatic heterocycles. The van der Waals surface area contributed by atoms with Gasteiger partial charge in [0.2, 0.25) is 0 Å². The van der Waals surface area contributed by atoms with Crippen molar-refractivity contribution in [3.05, 3.63) is 35.1 Å². The fourth-order valence-electron chi connectivity index (χ4n) is 2.85. The van der Waals surface area contributed by atoms with Crippen molar-refractivity contribution in [1.29, 1.82) is 5.26 Å². The van der Waals surface area contributed by atoms with Crippen LogP contribution in [0.3, 0.4) is 0 Å². The Labute approximate surface area is 123 Å². The first kappa shape index (κ1) is 15.5. The van der Waals surface area contributed by atoms with Crippen LogP contribution in [0, 0.1) is 17.1 Å². The van der Waals surface area contributed by atoms with Crippen LogP contribution in [0.1, 0.15) is 43.2 Å². The number of piperidine rings is 1. The molecule has 1 aliphatic rings. The molecule has 5 heteroatoms. The summed E-state index contributed by atoms with van der Waals surface area (Å²) in [6.07, 6.45) is 3.87. The lowest BCUT2D eigenvalue weighted by Gasteiger charge is -2.35. The van der Waals surface area contributed by atoms with Crippen LogP contribution >= 0.6 is 0 Å². The molecule has 1 fully saturated rings. The number of benzene rings is 1. The fraction of sp³-hybridized carbons (Fsp3) is 0.500. The normalized spacial score (nSPS) is 19.1.